The molecule has 0 bridgehead atoms. The zero-order chi connectivity index (χ0) is 15.4. The molecule has 1 aliphatic rings. The van der Waals surface area contributed by atoms with Gasteiger partial charge in [-0.25, -0.2) is 9.18 Å². The minimum absolute atomic E-state index is 0.270. The van der Waals surface area contributed by atoms with Crippen molar-refractivity contribution in [3.05, 3.63) is 41.2 Å². The van der Waals surface area contributed by atoms with Gasteiger partial charge in [-0.05, 0) is 42.5 Å². The smallest absolute Gasteiger partial charge is 0.328 e. The number of benzene rings is 1. The second-order valence-electron chi connectivity index (χ2n) is 6.00. The third kappa shape index (κ3) is 4.39. The minimum atomic E-state index is -1.03. The Labute approximate surface area is 125 Å². The molecule has 1 aliphatic heterocycles. The lowest BCUT2D eigenvalue weighted by Gasteiger charge is -2.35. The molecule has 21 heavy (non-hydrogen) atoms. The van der Waals surface area contributed by atoms with Gasteiger partial charge in [-0.2, -0.15) is 0 Å². The van der Waals surface area contributed by atoms with Crippen LogP contribution >= 0.6 is 0 Å². The molecule has 2 unspecified atom stereocenters. The Morgan fingerprint density at radius 3 is 2.81 bits per heavy atom. The number of carbonyl (C=O) groups is 1. The summed E-state index contributed by atoms with van der Waals surface area (Å²) >= 11 is 0. The Hall–Kier alpha value is -1.68. The van der Waals surface area contributed by atoms with Gasteiger partial charge in [0.1, 0.15) is 5.82 Å². The van der Waals surface area contributed by atoms with Crippen LogP contribution in [0.1, 0.15) is 31.4 Å². The molecule has 4 heteroatoms. The van der Waals surface area contributed by atoms with Gasteiger partial charge in [0.15, 0.2) is 0 Å². The second kappa shape index (κ2) is 6.85. The topological polar surface area (TPSA) is 40.5 Å². The third-order valence-electron chi connectivity index (χ3n) is 4.31. The molecule has 0 radical (unpaired) electrons. The van der Waals surface area contributed by atoms with Crippen molar-refractivity contribution in [2.75, 3.05) is 13.1 Å². The van der Waals surface area contributed by atoms with Gasteiger partial charge in [0, 0.05) is 24.7 Å². The van der Waals surface area contributed by atoms with E-state index in [0.29, 0.717) is 23.6 Å². The zero-order valence-electron chi connectivity index (χ0n) is 12.6. The van der Waals surface area contributed by atoms with Crippen molar-refractivity contribution >= 4 is 12.0 Å². The molecule has 0 amide bonds. The first-order chi connectivity index (χ1) is 9.95. The van der Waals surface area contributed by atoms with Crippen LogP contribution in [0.2, 0.25) is 0 Å². The Balaban J connectivity index is 2.02. The molecule has 3 nitrogen and oxygen atoms in total. The zero-order valence-corrected chi connectivity index (χ0v) is 12.6. The summed E-state index contributed by atoms with van der Waals surface area (Å²) in [4.78, 5) is 12.7. The molecule has 1 aromatic rings. The minimum Gasteiger partial charge on any atom is -0.478 e. The van der Waals surface area contributed by atoms with Gasteiger partial charge in [-0.3, -0.25) is 4.90 Å². The van der Waals surface area contributed by atoms with E-state index in [2.05, 4.69) is 18.7 Å². The highest BCUT2D eigenvalue weighted by Gasteiger charge is 2.23. The number of carboxylic acid groups (broad SMARTS) is 1. The Bertz CT molecular complexity index is 542. The van der Waals surface area contributed by atoms with Crippen molar-refractivity contribution in [3.8, 4) is 0 Å². The molecule has 0 spiro atoms. The van der Waals surface area contributed by atoms with Crippen molar-refractivity contribution in [1.29, 1.82) is 0 Å². The second-order valence-corrected chi connectivity index (χ2v) is 6.00. The number of nitrogens with zero attached hydrogens (tertiary/aromatic N) is 1. The van der Waals surface area contributed by atoms with E-state index < -0.39 is 5.97 Å². The molecule has 1 saturated heterocycles. The van der Waals surface area contributed by atoms with Gasteiger partial charge in [-0.1, -0.05) is 26.0 Å². The number of piperidine rings is 1. The maximum Gasteiger partial charge on any atom is 0.328 e. The standard InChI is InChI=1S/C17H22FNO2/c1-12-7-8-19(10-13(12)2)11-15-5-3-14(9-16(15)18)4-6-17(20)21/h3-6,9,12-13H,7-8,10-11H2,1-2H3,(H,20,21)/b6-4+. The summed E-state index contributed by atoms with van der Waals surface area (Å²) in [6.07, 6.45) is 3.57. The fourth-order valence-corrected chi connectivity index (χ4v) is 2.70. The highest BCUT2D eigenvalue weighted by Crippen LogP contribution is 2.24. The molecule has 2 atom stereocenters. The SMILES string of the molecule is CC1CCN(Cc2ccc(/C=C/C(=O)O)cc2F)CC1C. The molecule has 2 rings (SSSR count). The summed E-state index contributed by atoms with van der Waals surface area (Å²) < 4.78 is 14.1. The molecule has 1 N–H and O–H groups in total. The highest BCUT2D eigenvalue weighted by atomic mass is 19.1. The van der Waals surface area contributed by atoms with Crippen molar-refractivity contribution < 1.29 is 14.3 Å². The van der Waals surface area contributed by atoms with Crippen molar-refractivity contribution in [1.82, 2.24) is 4.90 Å². The van der Waals surface area contributed by atoms with E-state index in [1.165, 1.54) is 12.1 Å². The Kier molecular flexibility index (Phi) is 5.12. The maximum absolute atomic E-state index is 14.1. The number of aliphatic carboxylic acids is 1. The first-order valence-electron chi connectivity index (χ1n) is 7.37. The molecule has 0 saturated carbocycles. The van der Waals surface area contributed by atoms with Crippen LogP contribution in [0.3, 0.4) is 0 Å². The van der Waals surface area contributed by atoms with Gasteiger partial charge in [0.05, 0.1) is 0 Å². The number of likely N-dealkylation sites (tertiary alicyclic amines) is 1. The molecular weight excluding hydrogens is 269 g/mol. The van der Waals surface area contributed by atoms with E-state index in [9.17, 15) is 9.18 Å². The number of hydrogen-bond acceptors (Lipinski definition) is 2. The lowest BCUT2D eigenvalue weighted by molar-refractivity contribution is -0.131. The monoisotopic (exact) mass is 291 g/mol. The summed E-state index contributed by atoms with van der Waals surface area (Å²) in [6.45, 7) is 7.14. The quantitative estimate of drug-likeness (QED) is 0.864. The van der Waals surface area contributed by atoms with E-state index in [1.807, 2.05) is 0 Å². The molecular formula is C17H22FNO2. The maximum atomic E-state index is 14.1. The van der Waals surface area contributed by atoms with Crippen LogP contribution in [0, 0.1) is 17.7 Å². The van der Waals surface area contributed by atoms with Crippen LogP contribution in [-0.4, -0.2) is 29.1 Å². The van der Waals surface area contributed by atoms with E-state index in [4.69, 9.17) is 5.11 Å². The van der Waals surface area contributed by atoms with Crippen molar-refractivity contribution in [2.45, 2.75) is 26.8 Å². The van der Waals surface area contributed by atoms with E-state index >= 15 is 0 Å². The van der Waals surface area contributed by atoms with Crippen LogP contribution in [0.15, 0.2) is 24.3 Å². The average Bonchev–Trinajstić information content (AvgIpc) is 2.43. The number of halogens is 1. The first-order valence-corrected chi connectivity index (χ1v) is 7.37. The van der Waals surface area contributed by atoms with Crippen LogP contribution in [0.5, 0.6) is 0 Å². The van der Waals surface area contributed by atoms with Crippen LogP contribution in [0.25, 0.3) is 6.08 Å². The van der Waals surface area contributed by atoms with Crippen LogP contribution < -0.4 is 0 Å². The summed E-state index contributed by atoms with van der Waals surface area (Å²) in [5.74, 6) is 0.0685. The predicted molar refractivity (Wildman–Crippen MR) is 81.3 cm³/mol. The fourth-order valence-electron chi connectivity index (χ4n) is 2.70. The van der Waals surface area contributed by atoms with Crippen LogP contribution in [-0.2, 0) is 11.3 Å². The lowest BCUT2D eigenvalue weighted by Crippen LogP contribution is -2.38. The van der Waals surface area contributed by atoms with Gasteiger partial charge in [-0.15, -0.1) is 0 Å². The van der Waals surface area contributed by atoms with Crippen LogP contribution in [0.4, 0.5) is 4.39 Å². The van der Waals surface area contributed by atoms with Crippen molar-refractivity contribution in [3.63, 3.8) is 0 Å². The van der Waals surface area contributed by atoms with E-state index in [1.54, 1.807) is 12.1 Å². The van der Waals surface area contributed by atoms with E-state index in [0.717, 1.165) is 31.5 Å². The molecule has 1 fully saturated rings. The van der Waals surface area contributed by atoms with Gasteiger partial charge < -0.3 is 5.11 Å². The summed E-state index contributed by atoms with van der Waals surface area (Å²) in [5.41, 5.74) is 1.24. The summed E-state index contributed by atoms with van der Waals surface area (Å²) in [5, 5.41) is 8.57. The fraction of sp³-hybridized carbons (Fsp3) is 0.471. The Morgan fingerprint density at radius 2 is 2.19 bits per heavy atom. The number of rotatable bonds is 4. The lowest BCUT2D eigenvalue weighted by atomic mass is 9.88. The normalized spacial score (nSPS) is 23.6. The molecule has 1 aromatic carbocycles. The van der Waals surface area contributed by atoms with Gasteiger partial charge in [0.25, 0.3) is 0 Å². The van der Waals surface area contributed by atoms with E-state index in [-0.39, 0.29) is 5.82 Å². The average molecular weight is 291 g/mol. The predicted octanol–water partition coefficient (Wildman–Crippen LogP) is 3.40. The first kappa shape index (κ1) is 15.7. The Morgan fingerprint density at radius 1 is 1.43 bits per heavy atom. The highest BCUT2D eigenvalue weighted by molar-refractivity contribution is 5.85. The third-order valence-corrected chi connectivity index (χ3v) is 4.31. The molecule has 0 aliphatic carbocycles. The van der Waals surface area contributed by atoms with Gasteiger partial charge >= 0.3 is 5.97 Å². The molecule has 1 heterocycles. The molecule has 0 aromatic heterocycles. The largest absolute Gasteiger partial charge is 0.478 e. The van der Waals surface area contributed by atoms with Gasteiger partial charge in [0.2, 0.25) is 0 Å². The number of hydrogen-bond donors (Lipinski definition) is 1. The number of carboxylic acids is 1. The molecule has 114 valence electrons. The summed E-state index contributed by atoms with van der Waals surface area (Å²) in [7, 11) is 0. The summed E-state index contributed by atoms with van der Waals surface area (Å²) in [6, 6.07) is 4.90. The van der Waals surface area contributed by atoms with Crippen molar-refractivity contribution in [2.24, 2.45) is 11.8 Å².